The lowest BCUT2D eigenvalue weighted by Crippen LogP contribution is -2.34. The fourth-order valence-electron chi connectivity index (χ4n) is 1.17. The molecule has 1 aromatic carbocycles. The van der Waals surface area contributed by atoms with Gasteiger partial charge in [-0.2, -0.15) is 0 Å². The standard InChI is InChI=1S/C10H11ClN2O2S/c1-13(5-9(12)16)10(15)6-2-3-8(14)7(11)4-6/h2-4,14H,5H2,1H3,(H2,12,16). The predicted octanol–water partition coefficient (Wildman–Crippen LogP) is 1.40. The Hall–Kier alpha value is -1.33. The number of benzene rings is 1. The maximum atomic E-state index is 11.8. The summed E-state index contributed by atoms with van der Waals surface area (Å²) in [7, 11) is 1.59. The zero-order valence-corrected chi connectivity index (χ0v) is 10.2. The molecule has 0 heterocycles. The van der Waals surface area contributed by atoms with Gasteiger partial charge >= 0.3 is 0 Å². The van der Waals surface area contributed by atoms with E-state index >= 15 is 0 Å². The summed E-state index contributed by atoms with van der Waals surface area (Å²) in [4.78, 5) is 13.4. The number of amides is 1. The van der Waals surface area contributed by atoms with Crippen LogP contribution < -0.4 is 5.73 Å². The number of nitrogens with zero attached hydrogens (tertiary/aromatic N) is 1. The Bertz CT molecular complexity index is 437. The van der Waals surface area contributed by atoms with Gasteiger partial charge in [0, 0.05) is 12.6 Å². The number of thiocarbonyl (C=S) groups is 1. The molecule has 0 saturated heterocycles. The first kappa shape index (κ1) is 12.7. The Morgan fingerprint density at radius 1 is 1.62 bits per heavy atom. The van der Waals surface area contributed by atoms with E-state index in [9.17, 15) is 9.90 Å². The minimum absolute atomic E-state index is 0.0600. The van der Waals surface area contributed by atoms with Gasteiger partial charge in [0.15, 0.2) is 0 Å². The Balaban J connectivity index is 2.88. The Kier molecular flexibility index (Phi) is 4.09. The number of phenols is 1. The summed E-state index contributed by atoms with van der Waals surface area (Å²) in [5.41, 5.74) is 5.71. The summed E-state index contributed by atoms with van der Waals surface area (Å²) in [6.07, 6.45) is 0. The third-order valence-electron chi connectivity index (χ3n) is 1.93. The average molecular weight is 259 g/mol. The Labute approximate surface area is 104 Å². The van der Waals surface area contributed by atoms with Crippen molar-refractivity contribution in [3.8, 4) is 5.75 Å². The van der Waals surface area contributed by atoms with Crippen molar-refractivity contribution in [3.63, 3.8) is 0 Å². The largest absolute Gasteiger partial charge is 0.506 e. The van der Waals surface area contributed by atoms with Crippen LogP contribution in [0.3, 0.4) is 0 Å². The van der Waals surface area contributed by atoms with Gasteiger partial charge in [0.25, 0.3) is 5.91 Å². The number of carbonyl (C=O) groups is 1. The highest BCUT2D eigenvalue weighted by Gasteiger charge is 2.13. The van der Waals surface area contributed by atoms with Crippen molar-refractivity contribution in [1.29, 1.82) is 0 Å². The lowest BCUT2D eigenvalue weighted by atomic mass is 10.2. The van der Waals surface area contributed by atoms with Crippen molar-refractivity contribution in [2.75, 3.05) is 13.6 Å². The van der Waals surface area contributed by atoms with E-state index in [1.54, 1.807) is 7.05 Å². The molecular formula is C10H11ClN2O2S. The molecule has 0 bridgehead atoms. The van der Waals surface area contributed by atoms with Gasteiger partial charge in [0.1, 0.15) is 5.75 Å². The first-order chi connectivity index (χ1) is 7.41. The van der Waals surface area contributed by atoms with Crippen molar-refractivity contribution in [3.05, 3.63) is 28.8 Å². The van der Waals surface area contributed by atoms with Gasteiger partial charge < -0.3 is 15.7 Å². The molecule has 0 aliphatic heterocycles. The van der Waals surface area contributed by atoms with Crippen LogP contribution in [0.2, 0.25) is 5.02 Å². The molecule has 16 heavy (non-hydrogen) atoms. The third-order valence-corrected chi connectivity index (χ3v) is 2.37. The third kappa shape index (κ3) is 3.08. The molecule has 0 saturated carbocycles. The normalized spacial score (nSPS) is 9.88. The van der Waals surface area contributed by atoms with E-state index in [2.05, 4.69) is 0 Å². The van der Waals surface area contributed by atoms with Gasteiger partial charge in [0.05, 0.1) is 16.6 Å². The van der Waals surface area contributed by atoms with E-state index in [1.807, 2.05) is 0 Å². The van der Waals surface area contributed by atoms with Gasteiger partial charge in [-0.1, -0.05) is 23.8 Å². The topological polar surface area (TPSA) is 66.6 Å². The number of halogens is 1. The van der Waals surface area contributed by atoms with Crippen LogP contribution in [0.4, 0.5) is 0 Å². The summed E-state index contributed by atoms with van der Waals surface area (Å²) >= 11 is 10.4. The highest BCUT2D eigenvalue weighted by Crippen LogP contribution is 2.24. The van der Waals surface area contributed by atoms with Gasteiger partial charge in [0.2, 0.25) is 0 Å². The monoisotopic (exact) mass is 258 g/mol. The predicted molar refractivity (Wildman–Crippen MR) is 66.9 cm³/mol. The molecule has 3 N–H and O–H groups in total. The lowest BCUT2D eigenvalue weighted by molar-refractivity contribution is 0.0815. The maximum absolute atomic E-state index is 11.8. The van der Waals surface area contributed by atoms with E-state index in [4.69, 9.17) is 29.6 Å². The number of nitrogens with two attached hydrogens (primary N) is 1. The average Bonchev–Trinajstić information content (AvgIpc) is 2.20. The van der Waals surface area contributed by atoms with Gasteiger partial charge in [-0.25, -0.2) is 0 Å². The number of aromatic hydroxyl groups is 1. The first-order valence-corrected chi connectivity index (χ1v) is 5.22. The van der Waals surface area contributed by atoms with Crippen LogP contribution in [0.5, 0.6) is 5.75 Å². The highest BCUT2D eigenvalue weighted by molar-refractivity contribution is 7.80. The second kappa shape index (κ2) is 5.14. The highest BCUT2D eigenvalue weighted by atomic mass is 35.5. The molecule has 0 aliphatic rings. The van der Waals surface area contributed by atoms with Crippen LogP contribution in [0.1, 0.15) is 10.4 Å². The molecule has 1 amide bonds. The molecule has 6 heteroatoms. The van der Waals surface area contributed by atoms with E-state index in [-0.39, 0.29) is 28.2 Å². The van der Waals surface area contributed by atoms with Crippen molar-refractivity contribution in [1.82, 2.24) is 4.90 Å². The summed E-state index contributed by atoms with van der Waals surface area (Å²) in [5, 5.41) is 9.35. The molecule has 0 spiro atoms. The van der Waals surface area contributed by atoms with Gasteiger partial charge in [-0.15, -0.1) is 0 Å². The first-order valence-electron chi connectivity index (χ1n) is 4.44. The van der Waals surface area contributed by atoms with Crippen molar-refractivity contribution < 1.29 is 9.90 Å². The summed E-state index contributed by atoms with van der Waals surface area (Å²) in [6.45, 7) is 0.201. The van der Waals surface area contributed by atoms with Crippen molar-refractivity contribution >= 4 is 34.7 Å². The SMILES string of the molecule is CN(CC(N)=S)C(=O)c1ccc(O)c(Cl)c1. The molecule has 1 aromatic rings. The Morgan fingerprint density at radius 2 is 2.25 bits per heavy atom. The number of carbonyl (C=O) groups excluding carboxylic acids is 1. The fourth-order valence-corrected chi connectivity index (χ4v) is 1.54. The molecule has 86 valence electrons. The number of hydrogen-bond donors (Lipinski definition) is 2. The molecule has 0 radical (unpaired) electrons. The molecule has 0 fully saturated rings. The summed E-state index contributed by atoms with van der Waals surface area (Å²) in [5.74, 6) is -0.315. The number of hydrogen-bond acceptors (Lipinski definition) is 3. The molecule has 0 aliphatic carbocycles. The molecule has 4 nitrogen and oxygen atoms in total. The summed E-state index contributed by atoms with van der Waals surface area (Å²) in [6, 6.07) is 4.25. The van der Waals surface area contributed by atoms with Crippen LogP contribution in [0.15, 0.2) is 18.2 Å². The van der Waals surface area contributed by atoms with E-state index in [1.165, 1.54) is 23.1 Å². The van der Waals surface area contributed by atoms with Crippen LogP contribution >= 0.6 is 23.8 Å². The van der Waals surface area contributed by atoms with Gasteiger partial charge in [-0.05, 0) is 18.2 Å². The molecule has 0 unspecified atom stereocenters. The van der Waals surface area contributed by atoms with Crippen molar-refractivity contribution in [2.45, 2.75) is 0 Å². The smallest absolute Gasteiger partial charge is 0.254 e. The number of rotatable bonds is 3. The van der Waals surface area contributed by atoms with E-state index in [0.29, 0.717) is 5.56 Å². The zero-order valence-electron chi connectivity index (χ0n) is 8.61. The maximum Gasteiger partial charge on any atom is 0.254 e. The van der Waals surface area contributed by atoms with E-state index in [0.717, 1.165) is 0 Å². The number of likely N-dealkylation sites (N-methyl/N-ethyl adjacent to an activating group) is 1. The Morgan fingerprint density at radius 3 is 2.75 bits per heavy atom. The second-order valence-corrected chi connectivity index (χ2v) is 4.23. The summed E-state index contributed by atoms with van der Waals surface area (Å²) < 4.78 is 0. The molecule has 1 rings (SSSR count). The van der Waals surface area contributed by atoms with Crippen LogP contribution in [-0.4, -0.2) is 34.5 Å². The second-order valence-electron chi connectivity index (χ2n) is 3.29. The fraction of sp³-hybridized carbons (Fsp3) is 0.200. The molecular weight excluding hydrogens is 248 g/mol. The van der Waals surface area contributed by atoms with Crippen molar-refractivity contribution in [2.24, 2.45) is 5.73 Å². The van der Waals surface area contributed by atoms with Crippen LogP contribution in [0.25, 0.3) is 0 Å². The molecule has 0 atom stereocenters. The zero-order chi connectivity index (χ0) is 12.3. The van der Waals surface area contributed by atoms with E-state index < -0.39 is 0 Å². The quantitative estimate of drug-likeness (QED) is 0.805. The molecule has 0 aromatic heterocycles. The van der Waals surface area contributed by atoms with Crippen LogP contribution in [-0.2, 0) is 0 Å². The minimum atomic E-state index is -0.255. The lowest BCUT2D eigenvalue weighted by Gasteiger charge is -2.16. The number of phenolic OH excluding ortho intramolecular Hbond substituents is 1. The van der Waals surface area contributed by atoms with Gasteiger partial charge in [-0.3, -0.25) is 4.79 Å². The van der Waals surface area contributed by atoms with Crippen LogP contribution in [0, 0.1) is 0 Å². The minimum Gasteiger partial charge on any atom is -0.506 e.